The summed E-state index contributed by atoms with van der Waals surface area (Å²) in [5.74, 6) is 0.0288. The smallest absolute Gasteiger partial charge is 0.265 e. The number of carbonyl (C=O) groups is 2. The summed E-state index contributed by atoms with van der Waals surface area (Å²) >= 11 is 1.39. The number of aromatic nitrogens is 2. The summed E-state index contributed by atoms with van der Waals surface area (Å²) in [5, 5.41) is 3.89. The van der Waals surface area contributed by atoms with Gasteiger partial charge in [0.05, 0.1) is 11.6 Å². The second-order valence-corrected chi connectivity index (χ2v) is 9.50. The van der Waals surface area contributed by atoms with Gasteiger partial charge >= 0.3 is 0 Å². The average Bonchev–Trinajstić information content (AvgIpc) is 3.21. The zero-order valence-electron chi connectivity index (χ0n) is 18.7. The standard InChI is InChI=1S/C25H28N4O2S/c1-16(2)20-10-4-5-11-21(20)28-23(30)19-9-7-13-29(15-19)25(31)22-17(3)27-24(32-22)18-8-6-12-26-14-18/h4-6,8,10-12,14,16,19H,7,9,13,15H2,1-3H3,(H,28,30). The largest absolute Gasteiger partial charge is 0.337 e. The average molecular weight is 449 g/mol. The summed E-state index contributed by atoms with van der Waals surface area (Å²) in [6.45, 7) is 7.17. The van der Waals surface area contributed by atoms with Gasteiger partial charge in [-0.1, -0.05) is 32.0 Å². The van der Waals surface area contributed by atoms with Gasteiger partial charge < -0.3 is 10.2 Å². The first-order chi connectivity index (χ1) is 15.4. The molecular weight excluding hydrogens is 420 g/mol. The minimum absolute atomic E-state index is 0.0207. The van der Waals surface area contributed by atoms with E-state index in [4.69, 9.17) is 0 Å². The van der Waals surface area contributed by atoms with Crippen molar-refractivity contribution < 1.29 is 9.59 Å². The van der Waals surface area contributed by atoms with Crippen LogP contribution in [0.3, 0.4) is 0 Å². The van der Waals surface area contributed by atoms with Crippen LogP contribution in [-0.2, 0) is 4.79 Å². The molecule has 2 aromatic heterocycles. The Kier molecular flexibility index (Phi) is 6.65. The number of hydrogen-bond acceptors (Lipinski definition) is 5. The van der Waals surface area contributed by atoms with Crippen LogP contribution in [0.4, 0.5) is 5.69 Å². The highest BCUT2D eigenvalue weighted by atomic mass is 32.1. The van der Waals surface area contributed by atoms with Gasteiger partial charge in [0.15, 0.2) is 0 Å². The summed E-state index contributed by atoms with van der Waals surface area (Å²) in [4.78, 5) is 37.5. The molecule has 166 valence electrons. The molecule has 1 saturated heterocycles. The molecule has 1 atom stereocenters. The van der Waals surface area contributed by atoms with Gasteiger partial charge in [0.1, 0.15) is 9.88 Å². The minimum Gasteiger partial charge on any atom is -0.337 e. The number of nitrogens with one attached hydrogen (secondary N) is 1. The number of rotatable bonds is 5. The normalized spacial score (nSPS) is 16.2. The SMILES string of the molecule is Cc1nc(-c2cccnc2)sc1C(=O)N1CCCC(C(=O)Nc2ccccc2C(C)C)C1. The van der Waals surface area contributed by atoms with Crippen LogP contribution in [0.15, 0.2) is 48.8 Å². The Bertz CT molecular complexity index is 1110. The van der Waals surface area contributed by atoms with E-state index in [1.807, 2.05) is 43.3 Å². The molecule has 1 aliphatic heterocycles. The molecule has 1 aromatic carbocycles. The Morgan fingerprint density at radius 1 is 1.19 bits per heavy atom. The number of anilines is 1. The number of piperidine rings is 1. The maximum atomic E-state index is 13.3. The highest BCUT2D eigenvalue weighted by Gasteiger charge is 2.31. The molecule has 0 saturated carbocycles. The Morgan fingerprint density at radius 3 is 2.75 bits per heavy atom. The van der Waals surface area contributed by atoms with Gasteiger partial charge in [0.25, 0.3) is 5.91 Å². The van der Waals surface area contributed by atoms with Crippen molar-refractivity contribution in [2.24, 2.45) is 5.92 Å². The van der Waals surface area contributed by atoms with Crippen molar-refractivity contribution in [1.29, 1.82) is 0 Å². The number of para-hydroxylation sites is 1. The van der Waals surface area contributed by atoms with Crippen LogP contribution in [0.1, 0.15) is 53.5 Å². The summed E-state index contributed by atoms with van der Waals surface area (Å²) in [6, 6.07) is 11.7. The van der Waals surface area contributed by atoms with Gasteiger partial charge in [0.2, 0.25) is 5.91 Å². The molecular formula is C25H28N4O2S. The van der Waals surface area contributed by atoms with E-state index in [9.17, 15) is 9.59 Å². The van der Waals surface area contributed by atoms with Crippen molar-refractivity contribution in [2.45, 2.75) is 39.5 Å². The number of amides is 2. The fraction of sp³-hybridized carbons (Fsp3) is 0.360. The lowest BCUT2D eigenvalue weighted by molar-refractivity contribution is -0.121. The third-order valence-electron chi connectivity index (χ3n) is 5.82. The van der Waals surface area contributed by atoms with E-state index < -0.39 is 0 Å². The zero-order chi connectivity index (χ0) is 22.7. The van der Waals surface area contributed by atoms with Crippen molar-refractivity contribution >= 4 is 28.8 Å². The van der Waals surface area contributed by atoms with E-state index in [2.05, 4.69) is 29.1 Å². The molecule has 4 rings (SSSR count). The topological polar surface area (TPSA) is 75.2 Å². The number of thiazole rings is 1. The predicted molar refractivity (Wildman–Crippen MR) is 128 cm³/mol. The number of likely N-dealkylation sites (tertiary alicyclic amines) is 1. The molecule has 7 heteroatoms. The van der Waals surface area contributed by atoms with E-state index in [0.29, 0.717) is 23.9 Å². The minimum atomic E-state index is -0.223. The molecule has 32 heavy (non-hydrogen) atoms. The van der Waals surface area contributed by atoms with Gasteiger partial charge in [-0.3, -0.25) is 14.6 Å². The molecule has 0 radical (unpaired) electrons. The molecule has 1 N–H and O–H groups in total. The fourth-order valence-electron chi connectivity index (χ4n) is 4.08. The molecule has 1 fully saturated rings. The lowest BCUT2D eigenvalue weighted by Crippen LogP contribution is -2.43. The van der Waals surface area contributed by atoms with Crippen LogP contribution < -0.4 is 5.32 Å². The number of benzene rings is 1. The molecule has 6 nitrogen and oxygen atoms in total. The second-order valence-electron chi connectivity index (χ2n) is 8.50. The van der Waals surface area contributed by atoms with Crippen molar-refractivity contribution in [3.8, 4) is 10.6 Å². The first-order valence-electron chi connectivity index (χ1n) is 11.0. The fourth-order valence-corrected chi connectivity index (χ4v) is 5.10. The van der Waals surface area contributed by atoms with E-state index in [1.54, 1.807) is 17.3 Å². The van der Waals surface area contributed by atoms with Crippen LogP contribution in [-0.4, -0.2) is 39.8 Å². The van der Waals surface area contributed by atoms with Gasteiger partial charge in [-0.05, 0) is 49.4 Å². The highest BCUT2D eigenvalue weighted by molar-refractivity contribution is 7.17. The first kappa shape index (κ1) is 22.1. The van der Waals surface area contributed by atoms with Gasteiger partial charge in [-0.2, -0.15) is 0 Å². The second kappa shape index (κ2) is 9.61. The summed E-state index contributed by atoms with van der Waals surface area (Å²) in [5.41, 5.74) is 3.60. The van der Waals surface area contributed by atoms with E-state index in [-0.39, 0.29) is 17.7 Å². The molecule has 0 bridgehead atoms. The van der Waals surface area contributed by atoms with Gasteiger partial charge in [-0.15, -0.1) is 11.3 Å². The monoisotopic (exact) mass is 448 g/mol. The van der Waals surface area contributed by atoms with Crippen LogP contribution >= 0.6 is 11.3 Å². The van der Waals surface area contributed by atoms with E-state index in [1.165, 1.54) is 11.3 Å². The lowest BCUT2D eigenvalue weighted by Gasteiger charge is -2.32. The number of aryl methyl sites for hydroxylation is 1. The molecule has 0 spiro atoms. The van der Waals surface area contributed by atoms with Crippen molar-refractivity contribution in [2.75, 3.05) is 18.4 Å². The summed E-state index contributed by atoms with van der Waals surface area (Å²) in [6.07, 6.45) is 5.06. The Hall–Kier alpha value is -3.06. The quantitative estimate of drug-likeness (QED) is 0.587. The van der Waals surface area contributed by atoms with E-state index in [0.717, 1.165) is 40.4 Å². The maximum Gasteiger partial charge on any atom is 0.265 e. The van der Waals surface area contributed by atoms with Crippen molar-refractivity contribution in [3.05, 3.63) is 64.9 Å². The third kappa shape index (κ3) is 4.72. The van der Waals surface area contributed by atoms with Crippen LogP contribution in [0.25, 0.3) is 10.6 Å². The number of carbonyl (C=O) groups excluding carboxylic acids is 2. The summed E-state index contributed by atoms with van der Waals surface area (Å²) < 4.78 is 0. The molecule has 1 aliphatic rings. The van der Waals surface area contributed by atoms with Crippen molar-refractivity contribution in [3.63, 3.8) is 0 Å². The number of hydrogen-bond donors (Lipinski definition) is 1. The van der Waals surface area contributed by atoms with E-state index >= 15 is 0 Å². The Morgan fingerprint density at radius 2 is 2.00 bits per heavy atom. The molecule has 3 heterocycles. The third-order valence-corrected chi connectivity index (χ3v) is 7.01. The molecule has 2 amide bonds. The van der Waals surface area contributed by atoms with Gasteiger partial charge in [0, 0.05) is 36.7 Å². The van der Waals surface area contributed by atoms with Crippen LogP contribution in [0.5, 0.6) is 0 Å². The molecule has 3 aromatic rings. The highest BCUT2D eigenvalue weighted by Crippen LogP contribution is 2.30. The summed E-state index contributed by atoms with van der Waals surface area (Å²) in [7, 11) is 0. The molecule has 1 unspecified atom stereocenters. The maximum absolute atomic E-state index is 13.3. The number of nitrogens with zero attached hydrogens (tertiary/aromatic N) is 3. The first-order valence-corrected chi connectivity index (χ1v) is 11.8. The van der Waals surface area contributed by atoms with Crippen molar-refractivity contribution in [1.82, 2.24) is 14.9 Å². The number of pyridine rings is 1. The molecule has 0 aliphatic carbocycles. The predicted octanol–water partition coefficient (Wildman–Crippen LogP) is 5.13. The van der Waals surface area contributed by atoms with Crippen LogP contribution in [0.2, 0.25) is 0 Å². The van der Waals surface area contributed by atoms with Gasteiger partial charge in [-0.25, -0.2) is 4.98 Å². The van der Waals surface area contributed by atoms with Crippen LogP contribution in [0, 0.1) is 12.8 Å². The Balaban J connectivity index is 1.47. The Labute approximate surface area is 192 Å². The lowest BCUT2D eigenvalue weighted by atomic mass is 9.96. The zero-order valence-corrected chi connectivity index (χ0v) is 19.5.